The molecule has 1 saturated heterocycles. The molecular weight excluding hydrogens is 298 g/mol. The van der Waals surface area contributed by atoms with Crippen LogP contribution in [0.25, 0.3) is 11.3 Å². The molecule has 0 aliphatic carbocycles. The van der Waals surface area contributed by atoms with Crippen molar-refractivity contribution in [3.8, 4) is 17.0 Å². The zero-order valence-electron chi connectivity index (χ0n) is 14.7. The van der Waals surface area contributed by atoms with Crippen molar-refractivity contribution in [1.82, 2.24) is 9.88 Å². The molecule has 0 saturated carbocycles. The molecule has 0 amide bonds. The molecule has 0 atom stereocenters. The van der Waals surface area contributed by atoms with Gasteiger partial charge >= 0.3 is 0 Å². The minimum absolute atomic E-state index is 0.546. The summed E-state index contributed by atoms with van der Waals surface area (Å²) in [5, 5.41) is 0. The van der Waals surface area contributed by atoms with Crippen molar-refractivity contribution in [1.29, 1.82) is 0 Å². The van der Waals surface area contributed by atoms with Crippen LogP contribution in [-0.2, 0) is 6.54 Å². The van der Waals surface area contributed by atoms with E-state index in [0.29, 0.717) is 12.5 Å². The number of benzene rings is 1. The fraction of sp³-hybridized carbons (Fsp3) is 0.450. The topological polar surface area (TPSA) is 51.4 Å². The van der Waals surface area contributed by atoms with Gasteiger partial charge in [0.05, 0.1) is 18.5 Å². The van der Waals surface area contributed by atoms with Crippen LogP contribution in [0.5, 0.6) is 5.75 Å². The quantitative estimate of drug-likeness (QED) is 0.917. The average molecular weight is 325 g/mol. The highest BCUT2D eigenvalue weighted by atomic mass is 16.5. The van der Waals surface area contributed by atoms with Gasteiger partial charge in [-0.1, -0.05) is 18.2 Å². The van der Waals surface area contributed by atoms with Crippen molar-refractivity contribution in [2.45, 2.75) is 26.3 Å². The summed E-state index contributed by atoms with van der Waals surface area (Å²) in [6.07, 6.45) is 4.27. The lowest BCUT2D eigenvalue weighted by Gasteiger charge is -2.28. The Morgan fingerprint density at radius 2 is 2.04 bits per heavy atom. The van der Waals surface area contributed by atoms with Crippen molar-refractivity contribution >= 4 is 0 Å². The van der Waals surface area contributed by atoms with Crippen LogP contribution in [0.1, 0.15) is 24.0 Å². The largest absolute Gasteiger partial charge is 0.492 e. The molecule has 2 aromatic rings. The second-order valence-corrected chi connectivity index (χ2v) is 6.80. The van der Waals surface area contributed by atoms with Crippen molar-refractivity contribution in [2.24, 2.45) is 11.7 Å². The van der Waals surface area contributed by atoms with E-state index in [-0.39, 0.29) is 0 Å². The van der Waals surface area contributed by atoms with Gasteiger partial charge in [0.2, 0.25) is 0 Å². The Morgan fingerprint density at radius 1 is 1.25 bits per heavy atom. The molecule has 1 aromatic carbocycles. The van der Waals surface area contributed by atoms with E-state index in [0.717, 1.165) is 34.7 Å². The Hall–Kier alpha value is -1.91. The van der Waals surface area contributed by atoms with Crippen molar-refractivity contribution in [2.75, 3.05) is 26.7 Å². The van der Waals surface area contributed by atoms with Gasteiger partial charge in [0.25, 0.3) is 0 Å². The molecule has 24 heavy (non-hydrogen) atoms. The summed E-state index contributed by atoms with van der Waals surface area (Å²) < 4.78 is 6.00. The molecular formula is C20H27N3O. The molecule has 4 nitrogen and oxygen atoms in total. The summed E-state index contributed by atoms with van der Waals surface area (Å²) in [4.78, 5) is 7.01. The lowest BCUT2D eigenvalue weighted by atomic mass is 9.98. The molecule has 0 unspecified atom stereocenters. The number of hydrogen-bond donors (Lipinski definition) is 1. The second-order valence-electron chi connectivity index (χ2n) is 6.80. The third-order valence-corrected chi connectivity index (χ3v) is 4.81. The normalized spacial score (nSPS) is 16.3. The number of aryl methyl sites for hydroxylation is 1. The number of hydrogen-bond acceptors (Lipinski definition) is 4. The first kappa shape index (κ1) is 16.9. The molecule has 1 aliphatic heterocycles. The predicted molar refractivity (Wildman–Crippen MR) is 98.0 cm³/mol. The van der Waals surface area contributed by atoms with E-state index in [1.54, 1.807) is 0 Å². The Kier molecular flexibility index (Phi) is 5.48. The van der Waals surface area contributed by atoms with Crippen LogP contribution in [0.15, 0.2) is 36.5 Å². The first-order chi connectivity index (χ1) is 11.7. The van der Waals surface area contributed by atoms with Crippen molar-refractivity contribution in [3.63, 3.8) is 0 Å². The maximum Gasteiger partial charge on any atom is 0.137 e. The fourth-order valence-corrected chi connectivity index (χ4v) is 3.22. The molecule has 2 heterocycles. The highest BCUT2D eigenvalue weighted by Gasteiger charge is 2.17. The molecule has 128 valence electrons. The molecule has 1 aromatic heterocycles. The van der Waals surface area contributed by atoms with Gasteiger partial charge in [0.15, 0.2) is 0 Å². The van der Waals surface area contributed by atoms with E-state index in [4.69, 9.17) is 10.5 Å². The molecule has 3 rings (SSSR count). The Balaban J connectivity index is 1.66. The average Bonchev–Trinajstić information content (AvgIpc) is 2.61. The Bertz CT molecular complexity index is 678. The van der Waals surface area contributed by atoms with E-state index in [2.05, 4.69) is 42.1 Å². The van der Waals surface area contributed by atoms with E-state index in [1.807, 2.05) is 18.3 Å². The fourth-order valence-electron chi connectivity index (χ4n) is 3.22. The van der Waals surface area contributed by atoms with E-state index >= 15 is 0 Å². The minimum Gasteiger partial charge on any atom is -0.492 e. The lowest BCUT2D eigenvalue weighted by molar-refractivity contribution is 0.160. The summed E-state index contributed by atoms with van der Waals surface area (Å²) in [5.41, 5.74) is 10.1. The molecule has 0 radical (unpaired) electrons. The van der Waals surface area contributed by atoms with Crippen LogP contribution in [0.2, 0.25) is 0 Å². The standard InChI is InChI=1S/C20H27N3O/c1-15-10-19(24-14-16-6-8-23(2)9-7-16)13-22-20(15)18-5-3-4-17(11-18)12-21/h3-5,10-11,13,16H,6-9,12,14,21H2,1-2H3. The van der Waals surface area contributed by atoms with Crippen LogP contribution in [0, 0.1) is 12.8 Å². The summed E-state index contributed by atoms with van der Waals surface area (Å²) in [7, 11) is 2.18. The third-order valence-electron chi connectivity index (χ3n) is 4.81. The molecule has 0 spiro atoms. The van der Waals surface area contributed by atoms with Gasteiger partial charge in [-0.15, -0.1) is 0 Å². The Labute approximate surface area is 144 Å². The maximum atomic E-state index is 6.00. The lowest BCUT2D eigenvalue weighted by Crippen LogP contribution is -2.32. The van der Waals surface area contributed by atoms with Crippen LogP contribution < -0.4 is 10.5 Å². The van der Waals surface area contributed by atoms with Crippen LogP contribution >= 0.6 is 0 Å². The third kappa shape index (κ3) is 4.13. The summed E-state index contributed by atoms with van der Waals surface area (Å²) in [6, 6.07) is 10.3. The Morgan fingerprint density at radius 3 is 2.75 bits per heavy atom. The first-order valence-electron chi connectivity index (χ1n) is 8.73. The van der Waals surface area contributed by atoms with E-state index in [1.165, 1.54) is 25.9 Å². The van der Waals surface area contributed by atoms with Crippen LogP contribution in [0.4, 0.5) is 0 Å². The molecule has 4 heteroatoms. The molecule has 0 bridgehead atoms. The molecule has 2 N–H and O–H groups in total. The van der Waals surface area contributed by atoms with Crippen molar-refractivity contribution in [3.05, 3.63) is 47.7 Å². The minimum atomic E-state index is 0.546. The first-order valence-corrected chi connectivity index (χ1v) is 8.73. The SMILES string of the molecule is Cc1cc(OCC2CCN(C)CC2)cnc1-c1cccc(CN)c1. The zero-order chi connectivity index (χ0) is 16.9. The number of aromatic nitrogens is 1. The van der Waals surface area contributed by atoms with Gasteiger partial charge in [-0.05, 0) is 69.1 Å². The highest BCUT2D eigenvalue weighted by Crippen LogP contribution is 2.26. The monoisotopic (exact) mass is 325 g/mol. The summed E-state index contributed by atoms with van der Waals surface area (Å²) in [6.45, 7) is 5.75. The van der Waals surface area contributed by atoms with Gasteiger partial charge in [0, 0.05) is 12.1 Å². The van der Waals surface area contributed by atoms with Crippen LogP contribution in [-0.4, -0.2) is 36.6 Å². The number of likely N-dealkylation sites (tertiary alicyclic amines) is 1. The van der Waals surface area contributed by atoms with Crippen molar-refractivity contribution < 1.29 is 4.74 Å². The highest BCUT2D eigenvalue weighted by molar-refractivity contribution is 5.64. The number of ether oxygens (including phenoxy) is 1. The van der Waals surface area contributed by atoms with Gasteiger partial charge in [-0.25, -0.2) is 0 Å². The number of nitrogens with zero attached hydrogens (tertiary/aromatic N) is 2. The van der Waals surface area contributed by atoms with E-state index in [9.17, 15) is 0 Å². The molecule has 1 fully saturated rings. The van der Waals surface area contributed by atoms with Gasteiger partial charge in [0.1, 0.15) is 5.75 Å². The number of rotatable bonds is 5. The van der Waals surface area contributed by atoms with Crippen LogP contribution in [0.3, 0.4) is 0 Å². The second kappa shape index (κ2) is 7.77. The summed E-state index contributed by atoms with van der Waals surface area (Å²) in [5.74, 6) is 1.52. The maximum absolute atomic E-state index is 6.00. The van der Waals surface area contributed by atoms with Gasteiger partial charge in [-0.2, -0.15) is 0 Å². The summed E-state index contributed by atoms with van der Waals surface area (Å²) >= 11 is 0. The molecule has 1 aliphatic rings. The number of pyridine rings is 1. The van der Waals surface area contributed by atoms with E-state index < -0.39 is 0 Å². The van der Waals surface area contributed by atoms with Gasteiger partial charge in [-0.3, -0.25) is 4.98 Å². The zero-order valence-corrected chi connectivity index (χ0v) is 14.7. The number of piperidine rings is 1. The van der Waals surface area contributed by atoms with Gasteiger partial charge < -0.3 is 15.4 Å². The smallest absolute Gasteiger partial charge is 0.137 e. The predicted octanol–water partition coefficient (Wildman–Crippen LogP) is 3.24. The number of nitrogens with two attached hydrogens (primary N) is 1.